The molecule has 0 bridgehead atoms. The van der Waals surface area contributed by atoms with Gasteiger partial charge in [0, 0.05) is 12.7 Å². The van der Waals surface area contributed by atoms with Crippen molar-refractivity contribution in [3.05, 3.63) is 29.6 Å². The summed E-state index contributed by atoms with van der Waals surface area (Å²) in [7, 11) is 0. The van der Waals surface area contributed by atoms with E-state index in [-0.39, 0.29) is 6.61 Å². The van der Waals surface area contributed by atoms with Crippen LogP contribution in [0.3, 0.4) is 0 Å². The summed E-state index contributed by atoms with van der Waals surface area (Å²) in [5.41, 5.74) is 3.53. The molecule has 11 heavy (non-hydrogen) atoms. The minimum absolute atomic E-state index is 0.0702. The van der Waals surface area contributed by atoms with Crippen LogP contribution in [0.1, 0.15) is 11.3 Å². The van der Waals surface area contributed by atoms with Gasteiger partial charge in [0.1, 0.15) is 0 Å². The number of aromatic nitrogens is 1. The predicted octanol–water partition coefficient (Wildman–Crippen LogP) is 0.0527. The van der Waals surface area contributed by atoms with Crippen molar-refractivity contribution < 1.29 is 10.3 Å². The van der Waals surface area contributed by atoms with Gasteiger partial charge in [0.15, 0.2) is 0 Å². The van der Waals surface area contributed by atoms with E-state index in [2.05, 4.69) is 4.98 Å². The molecule has 0 spiro atoms. The zero-order valence-corrected chi connectivity index (χ0v) is 5.99. The van der Waals surface area contributed by atoms with E-state index in [1.54, 1.807) is 18.3 Å². The van der Waals surface area contributed by atoms with Gasteiger partial charge in [-0.2, -0.15) is 0 Å². The maximum atomic E-state index is 8.68. The van der Waals surface area contributed by atoms with Gasteiger partial charge in [-0.05, 0) is 17.7 Å². The number of nitrogens with zero attached hydrogens (tertiary/aromatic N) is 1. The lowest BCUT2D eigenvalue weighted by Gasteiger charge is -1.99. The van der Waals surface area contributed by atoms with E-state index in [1.165, 1.54) is 0 Å². The van der Waals surface area contributed by atoms with Crippen LogP contribution in [0, 0.1) is 0 Å². The maximum absolute atomic E-state index is 8.68. The molecule has 0 radical (unpaired) electrons. The van der Waals surface area contributed by atoms with Crippen LogP contribution in [0.25, 0.3) is 0 Å². The fraction of sp³-hybridized carbons (Fsp3) is 0.286. The van der Waals surface area contributed by atoms with Crippen molar-refractivity contribution in [2.45, 2.75) is 13.2 Å². The highest BCUT2D eigenvalue weighted by Gasteiger charge is 1.93. The molecule has 0 aliphatic carbocycles. The highest BCUT2D eigenvalue weighted by atomic mass is 16.5. The number of pyridine rings is 1. The minimum atomic E-state index is -0.0702. The van der Waals surface area contributed by atoms with E-state index in [4.69, 9.17) is 10.3 Å². The Hall–Kier alpha value is -0.970. The van der Waals surface area contributed by atoms with Crippen molar-refractivity contribution in [1.29, 1.82) is 0 Å². The number of aliphatic hydroxyl groups is 1. The summed E-state index contributed by atoms with van der Waals surface area (Å²) in [6.07, 6.45) is 1.60. The van der Waals surface area contributed by atoms with Crippen molar-refractivity contribution in [2.24, 2.45) is 0 Å². The van der Waals surface area contributed by atoms with Crippen LogP contribution in [-0.4, -0.2) is 15.3 Å². The fourth-order valence-corrected chi connectivity index (χ4v) is 0.816. The molecule has 1 aromatic heterocycles. The van der Waals surface area contributed by atoms with E-state index in [1.807, 2.05) is 5.48 Å². The molecule has 0 unspecified atom stereocenters. The largest absolute Gasteiger partial charge is 0.390 e. The van der Waals surface area contributed by atoms with Gasteiger partial charge in [-0.25, -0.2) is 5.48 Å². The lowest BCUT2D eigenvalue weighted by molar-refractivity contribution is 0.161. The third-order valence-electron chi connectivity index (χ3n) is 1.33. The third-order valence-corrected chi connectivity index (χ3v) is 1.33. The quantitative estimate of drug-likeness (QED) is 0.538. The highest BCUT2D eigenvalue weighted by molar-refractivity contribution is 5.15. The molecule has 0 saturated carbocycles. The van der Waals surface area contributed by atoms with Crippen LogP contribution < -0.4 is 5.48 Å². The number of hydrogen-bond donors (Lipinski definition) is 3. The molecule has 0 atom stereocenters. The Balaban J connectivity index is 2.74. The summed E-state index contributed by atoms with van der Waals surface area (Å²) in [6.45, 7) is 0.300. The Morgan fingerprint density at radius 3 is 3.00 bits per heavy atom. The number of nitrogens with one attached hydrogen (secondary N) is 1. The Labute approximate surface area is 64.5 Å². The summed E-state index contributed by atoms with van der Waals surface area (Å²) < 4.78 is 0. The molecule has 0 amide bonds. The molecule has 0 saturated heterocycles. The minimum Gasteiger partial charge on any atom is -0.390 e. The van der Waals surface area contributed by atoms with Crippen molar-refractivity contribution in [1.82, 2.24) is 10.5 Å². The molecular formula is C7H10N2O2. The molecule has 4 heteroatoms. The first-order valence-electron chi connectivity index (χ1n) is 3.28. The van der Waals surface area contributed by atoms with E-state index >= 15 is 0 Å². The van der Waals surface area contributed by atoms with Gasteiger partial charge in [-0.1, -0.05) is 0 Å². The normalized spacial score (nSPS) is 10.0. The second-order valence-electron chi connectivity index (χ2n) is 2.15. The maximum Gasteiger partial charge on any atom is 0.0853 e. The van der Waals surface area contributed by atoms with Gasteiger partial charge >= 0.3 is 0 Å². The summed E-state index contributed by atoms with van der Waals surface area (Å²) >= 11 is 0. The molecule has 0 aliphatic heterocycles. The summed E-state index contributed by atoms with van der Waals surface area (Å²) in [5, 5.41) is 17.0. The van der Waals surface area contributed by atoms with Gasteiger partial charge < -0.3 is 10.3 Å². The van der Waals surface area contributed by atoms with Crippen LogP contribution in [0.2, 0.25) is 0 Å². The molecule has 0 aliphatic rings. The molecule has 4 nitrogen and oxygen atoms in total. The van der Waals surface area contributed by atoms with Crippen molar-refractivity contribution in [3.8, 4) is 0 Å². The first kappa shape index (κ1) is 8.13. The van der Waals surface area contributed by atoms with E-state index in [0.29, 0.717) is 12.2 Å². The number of aliphatic hydroxyl groups excluding tert-OH is 1. The topological polar surface area (TPSA) is 65.4 Å². The first-order valence-corrected chi connectivity index (χ1v) is 3.28. The van der Waals surface area contributed by atoms with Gasteiger partial charge in [-0.3, -0.25) is 4.98 Å². The lowest BCUT2D eigenvalue weighted by Crippen LogP contribution is -2.06. The van der Waals surface area contributed by atoms with Crippen LogP contribution in [0.5, 0.6) is 0 Å². The average molecular weight is 154 g/mol. The molecule has 1 rings (SSSR count). The van der Waals surface area contributed by atoms with Crippen LogP contribution in [0.15, 0.2) is 18.3 Å². The van der Waals surface area contributed by atoms with E-state index < -0.39 is 0 Å². The molecule has 3 N–H and O–H groups in total. The average Bonchev–Trinajstić information content (AvgIpc) is 2.06. The number of hydroxylamine groups is 1. The zero-order valence-electron chi connectivity index (χ0n) is 5.99. The predicted molar refractivity (Wildman–Crippen MR) is 38.8 cm³/mol. The highest BCUT2D eigenvalue weighted by Crippen LogP contribution is 2.00. The molecular weight excluding hydrogens is 144 g/mol. The molecule has 1 aromatic rings. The van der Waals surface area contributed by atoms with Crippen LogP contribution >= 0.6 is 0 Å². The summed E-state index contributed by atoms with van der Waals surface area (Å²) in [4.78, 5) is 3.88. The summed E-state index contributed by atoms with van der Waals surface area (Å²) in [5.74, 6) is 0. The van der Waals surface area contributed by atoms with Gasteiger partial charge in [0.05, 0.1) is 12.3 Å². The third kappa shape index (κ3) is 2.27. The summed E-state index contributed by atoms with van der Waals surface area (Å²) in [6, 6.07) is 3.49. The van der Waals surface area contributed by atoms with Gasteiger partial charge in [-0.15, -0.1) is 0 Å². The first-order chi connectivity index (χ1) is 5.36. The fourth-order valence-electron chi connectivity index (χ4n) is 0.816. The molecule has 0 fully saturated rings. The van der Waals surface area contributed by atoms with Gasteiger partial charge in [0.2, 0.25) is 0 Å². The van der Waals surface area contributed by atoms with Crippen LogP contribution in [-0.2, 0) is 13.2 Å². The van der Waals surface area contributed by atoms with Crippen molar-refractivity contribution in [2.75, 3.05) is 0 Å². The number of hydrogen-bond acceptors (Lipinski definition) is 4. The smallest absolute Gasteiger partial charge is 0.0853 e. The van der Waals surface area contributed by atoms with Crippen LogP contribution in [0.4, 0.5) is 0 Å². The lowest BCUT2D eigenvalue weighted by atomic mass is 10.2. The Bertz CT molecular complexity index is 227. The van der Waals surface area contributed by atoms with Crippen molar-refractivity contribution in [3.63, 3.8) is 0 Å². The second kappa shape index (κ2) is 4.02. The monoisotopic (exact) mass is 154 g/mol. The number of rotatable bonds is 3. The molecule has 60 valence electrons. The Kier molecular flexibility index (Phi) is 2.97. The molecule has 1 heterocycles. The second-order valence-corrected chi connectivity index (χ2v) is 2.15. The van der Waals surface area contributed by atoms with E-state index in [9.17, 15) is 0 Å². The zero-order chi connectivity index (χ0) is 8.10. The standard InChI is InChI=1S/C7H10N2O2/c10-5-7-3-6(4-9-11)1-2-8-7/h1-3,9-11H,4-5H2. The van der Waals surface area contributed by atoms with E-state index in [0.717, 1.165) is 5.56 Å². The van der Waals surface area contributed by atoms with Gasteiger partial charge in [0.25, 0.3) is 0 Å². The van der Waals surface area contributed by atoms with Crippen molar-refractivity contribution >= 4 is 0 Å². The SMILES string of the molecule is OCc1cc(CNO)ccn1. The Morgan fingerprint density at radius 1 is 1.55 bits per heavy atom. The molecule has 0 aromatic carbocycles. The Morgan fingerprint density at radius 2 is 2.36 bits per heavy atom.